The normalized spacial score (nSPS) is 21.2. The van der Waals surface area contributed by atoms with Gasteiger partial charge >= 0.3 is 0 Å². The Kier molecular flexibility index (Phi) is 5.11. The third kappa shape index (κ3) is 4.00. The Labute approximate surface area is 120 Å². The summed E-state index contributed by atoms with van der Waals surface area (Å²) >= 11 is 0. The average Bonchev–Trinajstić information content (AvgIpc) is 2.83. The maximum atomic E-state index is 11.6. The summed E-state index contributed by atoms with van der Waals surface area (Å²) in [4.78, 5) is 4.24. The Hall–Kier alpha value is -0.990. The third-order valence-electron chi connectivity index (χ3n) is 3.61. The molecule has 1 aromatic rings. The van der Waals surface area contributed by atoms with Gasteiger partial charge in [0.1, 0.15) is 12.2 Å². The van der Waals surface area contributed by atoms with E-state index in [4.69, 9.17) is 0 Å². The van der Waals surface area contributed by atoms with Gasteiger partial charge in [-0.15, -0.1) is 0 Å². The first-order chi connectivity index (χ1) is 9.50. The second-order valence-electron chi connectivity index (χ2n) is 5.27. The van der Waals surface area contributed by atoms with Gasteiger partial charge in [-0.3, -0.25) is 0 Å². The van der Waals surface area contributed by atoms with Gasteiger partial charge in [0.05, 0.1) is 12.8 Å². The van der Waals surface area contributed by atoms with E-state index < -0.39 is 10.0 Å². The molecule has 1 aliphatic heterocycles. The van der Waals surface area contributed by atoms with Gasteiger partial charge in [-0.1, -0.05) is 6.92 Å². The molecule has 0 bridgehead atoms. The van der Waals surface area contributed by atoms with Gasteiger partial charge < -0.3 is 5.32 Å². The van der Waals surface area contributed by atoms with E-state index in [2.05, 4.69) is 15.4 Å². The summed E-state index contributed by atoms with van der Waals surface area (Å²) in [6.45, 7) is 5.58. The number of piperidine rings is 1. The number of nitrogens with one attached hydrogen (secondary N) is 1. The maximum Gasteiger partial charge on any atom is 0.211 e. The highest BCUT2D eigenvalue weighted by molar-refractivity contribution is 7.88. The molecule has 0 spiro atoms. The van der Waals surface area contributed by atoms with Crippen LogP contribution in [0.5, 0.6) is 0 Å². The first-order valence-corrected chi connectivity index (χ1v) is 8.88. The molecule has 0 saturated carbocycles. The molecule has 1 aliphatic rings. The van der Waals surface area contributed by atoms with Crippen LogP contribution in [-0.2, 0) is 23.1 Å². The van der Waals surface area contributed by atoms with E-state index in [0.717, 1.165) is 31.8 Å². The van der Waals surface area contributed by atoms with E-state index in [-0.39, 0.29) is 0 Å². The van der Waals surface area contributed by atoms with Gasteiger partial charge in [-0.05, 0) is 25.3 Å². The van der Waals surface area contributed by atoms with Crippen LogP contribution in [-0.4, -0.2) is 53.4 Å². The fraction of sp³-hybridized carbons (Fsp3) is 0.833. The summed E-state index contributed by atoms with van der Waals surface area (Å²) in [6.07, 6.45) is 4.78. The minimum Gasteiger partial charge on any atom is -0.310 e. The summed E-state index contributed by atoms with van der Waals surface area (Å²) in [6, 6.07) is 0. The number of nitrogens with zero attached hydrogens (tertiary/aromatic N) is 4. The highest BCUT2D eigenvalue weighted by Gasteiger charge is 2.26. The fourth-order valence-corrected chi connectivity index (χ4v) is 3.48. The van der Waals surface area contributed by atoms with Crippen molar-refractivity contribution in [3.05, 3.63) is 12.2 Å². The first-order valence-electron chi connectivity index (χ1n) is 7.03. The molecule has 7 nitrogen and oxygen atoms in total. The molecule has 1 aromatic heterocycles. The van der Waals surface area contributed by atoms with Crippen molar-refractivity contribution in [3.63, 3.8) is 0 Å². The van der Waals surface area contributed by atoms with E-state index >= 15 is 0 Å². The Morgan fingerprint density at radius 2 is 2.30 bits per heavy atom. The molecule has 1 atom stereocenters. The quantitative estimate of drug-likeness (QED) is 0.803. The van der Waals surface area contributed by atoms with Crippen LogP contribution >= 0.6 is 0 Å². The molecular weight excluding hydrogens is 278 g/mol. The van der Waals surface area contributed by atoms with E-state index in [1.807, 2.05) is 11.6 Å². The predicted octanol–water partition coefficient (Wildman–Crippen LogP) is 0.0592. The molecule has 1 unspecified atom stereocenters. The van der Waals surface area contributed by atoms with Crippen LogP contribution in [0.1, 0.15) is 25.6 Å². The molecule has 1 N–H and O–H groups in total. The zero-order chi connectivity index (χ0) is 14.6. The lowest BCUT2D eigenvalue weighted by molar-refractivity contribution is 0.238. The third-order valence-corrected chi connectivity index (χ3v) is 4.88. The van der Waals surface area contributed by atoms with Gasteiger partial charge in [0.2, 0.25) is 10.0 Å². The van der Waals surface area contributed by atoms with Crippen LogP contribution in [0, 0.1) is 5.92 Å². The van der Waals surface area contributed by atoms with Gasteiger partial charge in [0, 0.05) is 19.6 Å². The average molecular weight is 301 g/mol. The monoisotopic (exact) mass is 301 g/mol. The van der Waals surface area contributed by atoms with Gasteiger partial charge in [-0.2, -0.15) is 5.10 Å². The summed E-state index contributed by atoms with van der Waals surface area (Å²) in [5, 5.41) is 7.48. The molecule has 2 heterocycles. The summed E-state index contributed by atoms with van der Waals surface area (Å²) < 4.78 is 26.7. The summed E-state index contributed by atoms with van der Waals surface area (Å²) in [5.74, 6) is 1.21. The second-order valence-corrected chi connectivity index (χ2v) is 7.25. The van der Waals surface area contributed by atoms with Crippen LogP contribution in [0.25, 0.3) is 0 Å². The van der Waals surface area contributed by atoms with Crippen molar-refractivity contribution in [3.8, 4) is 0 Å². The minimum atomic E-state index is -3.09. The van der Waals surface area contributed by atoms with Gasteiger partial charge in [0.15, 0.2) is 0 Å². The lowest BCUT2D eigenvalue weighted by Crippen LogP contribution is -2.40. The molecule has 114 valence electrons. The Balaban J connectivity index is 1.98. The molecular formula is C12H23N5O2S. The number of aromatic nitrogens is 3. The predicted molar refractivity (Wildman–Crippen MR) is 76.5 cm³/mol. The lowest BCUT2D eigenvalue weighted by atomic mass is 10.00. The highest BCUT2D eigenvalue weighted by atomic mass is 32.2. The second kappa shape index (κ2) is 6.64. The SMILES string of the molecule is CCNCc1ncnn1CC1CCCN(S(C)(=O)=O)C1. The van der Waals surface area contributed by atoms with Crippen molar-refractivity contribution in [1.82, 2.24) is 24.4 Å². The molecule has 0 radical (unpaired) electrons. The van der Waals surface area contributed by atoms with Crippen LogP contribution in [0.2, 0.25) is 0 Å². The number of sulfonamides is 1. The molecule has 8 heteroatoms. The lowest BCUT2D eigenvalue weighted by Gasteiger charge is -2.31. The summed E-state index contributed by atoms with van der Waals surface area (Å²) in [5.41, 5.74) is 0. The number of rotatable bonds is 6. The van der Waals surface area contributed by atoms with Gasteiger partial charge in [0.25, 0.3) is 0 Å². The van der Waals surface area contributed by atoms with Crippen molar-refractivity contribution in [1.29, 1.82) is 0 Å². The molecule has 0 aromatic carbocycles. The zero-order valence-corrected chi connectivity index (χ0v) is 12.9. The van der Waals surface area contributed by atoms with Crippen LogP contribution < -0.4 is 5.32 Å². The number of hydrogen-bond acceptors (Lipinski definition) is 5. The van der Waals surface area contributed by atoms with Gasteiger partial charge in [-0.25, -0.2) is 22.4 Å². The molecule has 1 fully saturated rings. The van der Waals surface area contributed by atoms with Crippen molar-refractivity contribution >= 4 is 10.0 Å². The van der Waals surface area contributed by atoms with E-state index in [0.29, 0.717) is 25.6 Å². The van der Waals surface area contributed by atoms with E-state index in [1.165, 1.54) is 6.26 Å². The topological polar surface area (TPSA) is 80.1 Å². The van der Waals surface area contributed by atoms with Crippen LogP contribution in [0.3, 0.4) is 0 Å². The Morgan fingerprint density at radius 1 is 1.50 bits per heavy atom. The summed E-state index contributed by atoms with van der Waals surface area (Å²) in [7, 11) is -3.09. The van der Waals surface area contributed by atoms with Crippen molar-refractivity contribution in [2.75, 3.05) is 25.9 Å². The maximum absolute atomic E-state index is 11.6. The standard InChI is InChI=1S/C12H23N5O2S/c1-3-13-7-12-14-10-15-17(12)9-11-5-4-6-16(8-11)20(2,18)19/h10-11,13H,3-9H2,1-2H3. The van der Waals surface area contributed by atoms with Crippen molar-refractivity contribution in [2.24, 2.45) is 5.92 Å². The molecule has 1 saturated heterocycles. The molecule has 0 amide bonds. The van der Waals surface area contributed by atoms with E-state index in [1.54, 1.807) is 10.6 Å². The Bertz CT molecular complexity index is 528. The van der Waals surface area contributed by atoms with Crippen molar-refractivity contribution in [2.45, 2.75) is 32.9 Å². The zero-order valence-electron chi connectivity index (χ0n) is 12.1. The molecule has 0 aliphatic carbocycles. The van der Waals surface area contributed by atoms with E-state index in [9.17, 15) is 8.42 Å². The van der Waals surface area contributed by atoms with Crippen LogP contribution in [0.15, 0.2) is 6.33 Å². The largest absolute Gasteiger partial charge is 0.310 e. The Morgan fingerprint density at radius 3 is 3.00 bits per heavy atom. The first kappa shape index (κ1) is 15.4. The van der Waals surface area contributed by atoms with Crippen LogP contribution in [0.4, 0.5) is 0 Å². The van der Waals surface area contributed by atoms with Crippen molar-refractivity contribution < 1.29 is 8.42 Å². The minimum absolute atomic E-state index is 0.306. The smallest absolute Gasteiger partial charge is 0.211 e. The highest BCUT2D eigenvalue weighted by Crippen LogP contribution is 2.20. The molecule has 2 rings (SSSR count). The molecule has 20 heavy (non-hydrogen) atoms. The fourth-order valence-electron chi connectivity index (χ4n) is 2.54. The number of hydrogen-bond donors (Lipinski definition) is 1.